The van der Waals surface area contributed by atoms with Gasteiger partial charge in [-0.3, -0.25) is 4.79 Å². The number of aromatic nitrogens is 4. The molecule has 0 saturated carbocycles. The Morgan fingerprint density at radius 2 is 1.81 bits per heavy atom. The van der Waals surface area contributed by atoms with Gasteiger partial charge in [-0.1, -0.05) is 48.0 Å². The van der Waals surface area contributed by atoms with Gasteiger partial charge in [0.25, 0.3) is 5.56 Å². The van der Waals surface area contributed by atoms with Gasteiger partial charge < -0.3 is 20.1 Å². The van der Waals surface area contributed by atoms with Gasteiger partial charge in [-0.25, -0.2) is 14.6 Å². The minimum absolute atomic E-state index is 0.217. The minimum Gasteiger partial charge on any atom is -0.481 e. The molecule has 0 atom stereocenters. The molecule has 43 heavy (non-hydrogen) atoms. The van der Waals surface area contributed by atoms with Crippen molar-refractivity contribution in [2.75, 3.05) is 25.6 Å². The maximum absolute atomic E-state index is 12.9. The van der Waals surface area contributed by atoms with Gasteiger partial charge >= 0.3 is 0 Å². The second-order valence-electron chi connectivity index (χ2n) is 10.6. The van der Waals surface area contributed by atoms with Crippen LogP contribution < -0.4 is 20.9 Å². The molecule has 0 unspecified atom stereocenters. The number of anilines is 2. The monoisotopic (exact) mass is 596 g/mol. The SMILES string of the molecule is COc1nc(-c2cccc(-c3cccc(Nc4nccc5cnn(C)c(=O)c45)c3C)c2Cl)ccc1CNC1CCOCC1. The van der Waals surface area contributed by atoms with E-state index in [1.807, 2.05) is 55.5 Å². The lowest BCUT2D eigenvalue weighted by Crippen LogP contribution is -2.34. The molecule has 5 aromatic rings. The van der Waals surface area contributed by atoms with E-state index >= 15 is 0 Å². The first kappa shape index (κ1) is 28.8. The van der Waals surface area contributed by atoms with Gasteiger partial charge in [-0.2, -0.15) is 5.10 Å². The number of pyridine rings is 2. The molecule has 1 aliphatic heterocycles. The Morgan fingerprint density at radius 1 is 1.05 bits per heavy atom. The highest BCUT2D eigenvalue weighted by atomic mass is 35.5. The molecule has 9 nitrogen and oxygen atoms in total. The van der Waals surface area contributed by atoms with Crippen LogP contribution >= 0.6 is 11.6 Å². The van der Waals surface area contributed by atoms with Crippen LogP contribution in [-0.4, -0.2) is 46.1 Å². The molecule has 0 spiro atoms. The van der Waals surface area contributed by atoms with Crippen LogP contribution in [0.2, 0.25) is 5.02 Å². The predicted molar refractivity (Wildman–Crippen MR) is 170 cm³/mol. The number of nitrogens with one attached hydrogen (secondary N) is 2. The summed E-state index contributed by atoms with van der Waals surface area (Å²) < 4.78 is 12.5. The number of nitrogens with zero attached hydrogens (tertiary/aromatic N) is 4. The van der Waals surface area contributed by atoms with E-state index in [0.717, 1.165) is 70.6 Å². The van der Waals surface area contributed by atoms with Crippen LogP contribution in [0.25, 0.3) is 33.2 Å². The van der Waals surface area contributed by atoms with Crippen LogP contribution in [0.15, 0.2) is 71.8 Å². The van der Waals surface area contributed by atoms with E-state index in [1.165, 1.54) is 4.68 Å². The molecular formula is C33H33ClN6O3. The Kier molecular flexibility index (Phi) is 8.38. The summed E-state index contributed by atoms with van der Waals surface area (Å²) in [5, 5.41) is 12.9. The molecule has 2 aromatic carbocycles. The van der Waals surface area contributed by atoms with E-state index in [9.17, 15) is 4.79 Å². The number of aryl methyl sites for hydroxylation is 1. The Balaban J connectivity index is 1.31. The molecular weight excluding hydrogens is 564 g/mol. The molecule has 1 saturated heterocycles. The lowest BCUT2D eigenvalue weighted by molar-refractivity contribution is 0.0775. The summed E-state index contributed by atoms with van der Waals surface area (Å²) in [5.74, 6) is 1.05. The molecule has 3 aromatic heterocycles. The summed E-state index contributed by atoms with van der Waals surface area (Å²) >= 11 is 7.09. The Morgan fingerprint density at radius 3 is 2.63 bits per heavy atom. The highest BCUT2D eigenvalue weighted by Crippen LogP contribution is 2.39. The Bertz CT molecular complexity index is 1850. The number of rotatable bonds is 8. The van der Waals surface area contributed by atoms with Crippen molar-refractivity contribution in [1.29, 1.82) is 0 Å². The zero-order chi connectivity index (χ0) is 29.9. The first-order valence-corrected chi connectivity index (χ1v) is 14.6. The third kappa shape index (κ3) is 5.84. The van der Waals surface area contributed by atoms with Gasteiger partial charge in [0.15, 0.2) is 0 Å². The fourth-order valence-corrected chi connectivity index (χ4v) is 5.81. The van der Waals surface area contributed by atoms with Gasteiger partial charge in [0.1, 0.15) is 5.82 Å². The smallest absolute Gasteiger partial charge is 0.278 e. The van der Waals surface area contributed by atoms with E-state index < -0.39 is 0 Å². The maximum Gasteiger partial charge on any atom is 0.278 e. The van der Waals surface area contributed by atoms with E-state index in [4.69, 9.17) is 26.1 Å². The van der Waals surface area contributed by atoms with Crippen molar-refractivity contribution in [2.45, 2.75) is 32.4 Å². The van der Waals surface area contributed by atoms with Crippen LogP contribution in [-0.2, 0) is 18.3 Å². The fourth-order valence-electron chi connectivity index (χ4n) is 5.48. The Hall–Kier alpha value is -4.31. The van der Waals surface area contributed by atoms with Crippen molar-refractivity contribution >= 4 is 33.9 Å². The van der Waals surface area contributed by atoms with Crippen LogP contribution in [0.5, 0.6) is 5.88 Å². The van der Waals surface area contributed by atoms with Crippen LogP contribution in [0.1, 0.15) is 24.0 Å². The first-order valence-electron chi connectivity index (χ1n) is 14.3. The third-order valence-corrected chi connectivity index (χ3v) is 8.35. The molecule has 6 rings (SSSR count). The highest BCUT2D eigenvalue weighted by molar-refractivity contribution is 6.36. The molecule has 0 amide bonds. The zero-order valence-electron chi connectivity index (χ0n) is 24.4. The molecule has 1 fully saturated rings. The number of fused-ring (bicyclic) bond motifs is 1. The van der Waals surface area contributed by atoms with E-state index in [0.29, 0.717) is 34.7 Å². The number of hydrogen-bond acceptors (Lipinski definition) is 8. The number of methoxy groups -OCH3 is 1. The first-order chi connectivity index (χ1) is 20.9. The predicted octanol–water partition coefficient (Wildman–Crippen LogP) is 6.04. The number of benzene rings is 2. The molecule has 2 N–H and O–H groups in total. The Labute approximate surface area is 254 Å². The molecule has 220 valence electrons. The summed E-state index contributed by atoms with van der Waals surface area (Å²) in [6.07, 6.45) is 5.33. The second-order valence-corrected chi connectivity index (χ2v) is 11.0. The van der Waals surface area contributed by atoms with Crippen molar-refractivity contribution in [3.8, 4) is 28.3 Å². The summed E-state index contributed by atoms with van der Waals surface area (Å²) in [7, 11) is 3.27. The lowest BCUT2D eigenvalue weighted by atomic mass is 9.96. The standard InChI is InChI=1S/C33H33ClN6O3/c1-20-24(6-5-9-27(20)38-31-29-21(12-15-35-31)19-37-40(2)33(29)41)25-7-4-8-26(30(25)34)28-11-10-22(32(39-28)42-3)18-36-23-13-16-43-17-14-23/h4-12,15,19,23,36H,13-14,16-18H2,1-3H3,(H,35,38). The van der Waals surface area contributed by atoms with Crippen LogP contribution in [0, 0.1) is 6.92 Å². The quantitative estimate of drug-likeness (QED) is 0.223. The molecule has 1 aliphatic rings. The molecule has 0 aliphatic carbocycles. The maximum atomic E-state index is 12.9. The van der Waals surface area contributed by atoms with Crippen LogP contribution in [0.3, 0.4) is 0 Å². The normalized spacial score (nSPS) is 13.8. The molecule has 0 bridgehead atoms. The van der Waals surface area contributed by atoms with Gasteiger partial charge in [0.05, 0.1) is 29.4 Å². The van der Waals surface area contributed by atoms with Crippen molar-refractivity contribution in [3.63, 3.8) is 0 Å². The molecule has 4 heterocycles. The van der Waals surface area contributed by atoms with E-state index in [2.05, 4.69) is 20.7 Å². The van der Waals surface area contributed by atoms with Gasteiger partial charge in [0.2, 0.25) is 5.88 Å². The van der Waals surface area contributed by atoms with Crippen molar-refractivity contribution < 1.29 is 9.47 Å². The fraction of sp³-hybridized carbons (Fsp3) is 0.273. The largest absolute Gasteiger partial charge is 0.481 e. The van der Waals surface area contributed by atoms with E-state index in [1.54, 1.807) is 32.6 Å². The summed E-state index contributed by atoms with van der Waals surface area (Å²) in [4.78, 5) is 22.2. The van der Waals surface area contributed by atoms with Gasteiger partial charge in [-0.15, -0.1) is 0 Å². The average molecular weight is 597 g/mol. The molecule has 10 heteroatoms. The van der Waals surface area contributed by atoms with Crippen molar-refractivity contribution in [3.05, 3.63) is 93.5 Å². The highest BCUT2D eigenvalue weighted by Gasteiger charge is 2.18. The molecule has 0 radical (unpaired) electrons. The number of hydrogen-bond donors (Lipinski definition) is 2. The topological polar surface area (TPSA) is 103 Å². The minimum atomic E-state index is -0.217. The number of halogens is 1. The van der Waals surface area contributed by atoms with Gasteiger partial charge in [0, 0.05) is 66.8 Å². The third-order valence-electron chi connectivity index (χ3n) is 7.95. The van der Waals surface area contributed by atoms with Crippen molar-refractivity contribution in [2.24, 2.45) is 7.05 Å². The van der Waals surface area contributed by atoms with E-state index in [-0.39, 0.29) is 5.56 Å². The van der Waals surface area contributed by atoms with Crippen LogP contribution in [0.4, 0.5) is 11.5 Å². The summed E-state index contributed by atoms with van der Waals surface area (Å²) in [6.45, 7) is 4.27. The zero-order valence-corrected chi connectivity index (χ0v) is 25.1. The summed E-state index contributed by atoms with van der Waals surface area (Å²) in [6, 6.07) is 18.1. The number of ether oxygens (including phenoxy) is 2. The average Bonchev–Trinajstić information content (AvgIpc) is 3.03. The van der Waals surface area contributed by atoms with Crippen molar-refractivity contribution in [1.82, 2.24) is 25.1 Å². The lowest BCUT2D eigenvalue weighted by Gasteiger charge is -2.23. The van der Waals surface area contributed by atoms with Gasteiger partial charge in [-0.05, 0) is 49.1 Å². The summed E-state index contributed by atoms with van der Waals surface area (Å²) in [5.41, 5.74) is 5.93. The second kappa shape index (κ2) is 12.5.